The third-order valence-electron chi connectivity index (χ3n) is 19.3. The number of aliphatic hydroxyl groups excluding tert-OH is 3. The van der Waals surface area contributed by atoms with Gasteiger partial charge in [-0.15, -0.1) is 0 Å². The highest BCUT2D eigenvalue weighted by molar-refractivity contribution is 5.90. The Labute approximate surface area is 493 Å². The van der Waals surface area contributed by atoms with Gasteiger partial charge in [0.1, 0.15) is 22.9 Å². The molecule has 19 heteroatoms. The lowest BCUT2D eigenvalue weighted by Gasteiger charge is -2.58. The van der Waals surface area contributed by atoms with E-state index in [9.17, 15) is 34.5 Å². The van der Waals surface area contributed by atoms with Crippen molar-refractivity contribution in [2.45, 2.75) is 339 Å². The molecular formula is C63H114N8O11. The number of aliphatic hydroxyl groups is 3. The lowest BCUT2D eigenvalue weighted by molar-refractivity contribution is -0.190. The summed E-state index contributed by atoms with van der Waals surface area (Å²) in [6.07, 6.45) is 1.96. The van der Waals surface area contributed by atoms with Crippen LogP contribution in [0.4, 0.5) is 0 Å². The summed E-state index contributed by atoms with van der Waals surface area (Å²) in [6, 6.07) is 0. The van der Waals surface area contributed by atoms with Crippen LogP contribution in [0, 0.1) is 0 Å². The number of amides is 4. The highest BCUT2D eigenvalue weighted by atomic mass is 16.6. The molecule has 0 radical (unpaired) electrons. The molecule has 4 spiro atoms. The van der Waals surface area contributed by atoms with Gasteiger partial charge in [0.25, 0.3) is 23.6 Å². The van der Waals surface area contributed by atoms with E-state index in [2.05, 4.69) is 131 Å². The van der Waals surface area contributed by atoms with Crippen LogP contribution >= 0.6 is 0 Å². The summed E-state index contributed by atoms with van der Waals surface area (Å²) in [7, 11) is 0. The number of rotatable bonds is 11. The molecule has 8 heterocycles. The van der Waals surface area contributed by atoms with Gasteiger partial charge in [0.05, 0.1) is 31.4 Å². The van der Waals surface area contributed by atoms with Gasteiger partial charge in [-0.2, -0.15) is 0 Å². The van der Waals surface area contributed by atoms with E-state index in [1.807, 2.05) is 67.2 Å². The molecule has 0 aromatic heterocycles. The number of β-amino-alcohol motifs (C(OH)–C–C–N with tert-alkyl or cyclic N) is 3. The molecule has 8 saturated heterocycles. The lowest BCUT2D eigenvalue weighted by Crippen LogP contribution is -2.69. The number of likely N-dealkylation sites (N-methyl/N-ethyl adjacent to an activating group) is 1. The maximum Gasteiger partial charge on any atom is 0.257 e. The van der Waals surface area contributed by atoms with Crippen molar-refractivity contribution in [2.24, 2.45) is 0 Å². The summed E-state index contributed by atoms with van der Waals surface area (Å²) in [6.45, 7) is 54.6. The minimum atomic E-state index is -1.02. The average Bonchev–Trinajstić information content (AvgIpc) is 3.66. The van der Waals surface area contributed by atoms with Crippen molar-refractivity contribution < 1.29 is 53.4 Å². The van der Waals surface area contributed by atoms with E-state index in [1.54, 1.807) is 21.6 Å². The van der Waals surface area contributed by atoms with E-state index in [1.165, 1.54) is 0 Å². The van der Waals surface area contributed by atoms with Gasteiger partial charge in [0.2, 0.25) is 0 Å². The topological polar surface area (TPSA) is 209 Å². The van der Waals surface area contributed by atoms with Crippen molar-refractivity contribution in [3.63, 3.8) is 0 Å². The largest absolute Gasteiger partial charge is 0.392 e. The third kappa shape index (κ3) is 12.3. The second-order valence-corrected chi connectivity index (χ2v) is 33.8. The second kappa shape index (κ2) is 20.2. The molecule has 8 aliphatic heterocycles. The molecule has 472 valence electrons. The number of likely N-dealkylation sites (tertiary alicyclic amines) is 2. The van der Waals surface area contributed by atoms with Crippen molar-refractivity contribution in [1.82, 2.24) is 40.0 Å². The number of nitrogens with one attached hydrogen (secondary N) is 2. The first-order valence-corrected chi connectivity index (χ1v) is 30.8. The van der Waals surface area contributed by atoms with Crippen molar-refractivity contribution >= 4 is 23.6 Å². The Bertz CT molecular complexity index is 2410. The molecule has 5 N–H and O–H groups in total. The molecule has 0 aliphatic carbocycles. The number of carbonyl (C=O) groups is 4. The Morgan fingerprint density at radius 3 is 0.817 bits per heavy atom. The van der Waals surface area contributed by atoms with Gasteiger partial charge in [0.15, 0.2) is 22.4 Å². The molecule has 3 atom stereocenters. The van der Waals surface area contributed by atoms with Crippen molar-refractivity contribution in [2.75, 3.05) is 39.3 Å². The van der Waals surface area contributed by atoms with Crippen LogP contribution in [0.15, 0.2) is 0 Å². The first kappa shape index (κ1) is 67.0. The summed E-state index contributed by atoms with van der Waals surface area (Å²) in [5, 5.41) is 40.5. The van der Waals surface area contributed by atoms with Crippen molar-refractivity contribution in [3.8, 4) is 0 Å². The first-order chi connectivity index (χ1) is 36.5. The van der Waals surface area contributed by atoms with Crippen LogP contribution in [0.3, 0.4) is 0 Å². The second-order valence-electron chi connectivity index (χ2n) is 33.8. The average molecular weight is 1160 g/mol. The zero-order chi connectivity index (χ0) is 62.6. The van der Waals surface area contributed by atoms with Crippen LogP contribution in [0.25, 0.3) is 0 Å². The number of ether oxygens (including phenoxy) is 4. The van der Waals surface area contributed by atoms with Gasteiger partial charge in [-0.05, 0) is 180 Å². The Morgan fingerprint density at radius 1 is 0.366 bits per heavy atom. The minimum Gasteiger partial charge on any atom is -0.392 e. The van der Waals surface area contributed by atoms with E-state index < -0.39 is 85.8 Å². The van der Waals surface area contributed by atoms with Gasteiger partial charge < -0.3 is 64.5 Å². The normalized spacial score (nSPS) is 31.7. The first-order valence-electron chi connectivity index (χ1n) is 30.8. The monoisotopic (exact) mass is 1160 g/mol. The molecule has 3 unspecified atom stereocenters. The van der Waals surface area contributed by atoms with Crippen LogP contribution in [-0.4, -0.2) is 216 Å². The number of piperidine rings is 4. The minimum absolute atomic E-state index is 0.0397. The van der Waals surface area contributed by atoms with Crippen LogP contribution in [0.5, 0.6) is 0 Å². The summed E-state index contributed by atoms with van der Waals surface area (Å²) >= 11 is 0. The molecule has 82 heavy (non-hydrogen) atoms. The summed E-state index contributed by atoms with van der Waals surface area (Å²) in [5.74, 6) is -0.131. The van der Waals surface area contributed by atoms with E-state index >= 15 is 0 Å². The van der Waals surface area contributed by atoms with Crippen LogP contribution in [-0.2, 0) is 38.1 Å². The fourth-order valence-electron chi connectivity index (χ4n) is 18.7. The zero-order valence-electron chi connectivity index (χ0n) is 55.9. The molecule has 0 aromatic rings. The van der Waals surface area contributed by atoms with Crippen LogP contribution < -0.4 is 10.6 Å². The highest BCUT2D eigenvalue weighted by Gasteiger charge is 2.68. The van der Waals surface area contributed by atoms with E-state index in [0.717, 1.165) is 0 Å². The number of carbonyl (C=O) groups excluding carboxylic acids is 4. The highest BCUT2D eigenvalue weighted by Crippen LogP contribution is 2.55. The molecule has 19 nitrogen and oxygen atoms in total. The zero-order valence-corrected chi connectivity index (χ0v) is 55.9. The van der Waals surface area contributed by atoms with Gasteiger partial charge >= 0.3 is 0 Å². The summed E-state index contributed by atoms with van der Waals surface area (Å²) in [5.41, 5.74) is -9.90. The maximum absolute atomic E-state index is 14.1. The smallest absolute Gasteiger partial charge is 0.257 e. The molecule has 8 rings (SSSR count). The van der Waals surface area contributed by atoms with Crippen LogP contribution in [0.1, 0.15) is 231 Å². The number of nitrogens with zero attached hydrogens (tertiary/aromatic N) is 6. The Balaban J connectivity index is 0.000000236. The molecule has 8 fully saturated rings. The molecule has 0 saturated carbocycles. The molecule has 4 amide bonds. The Hall–Kier alpha value is -2.56. The molecular weight excluding hydrogens is 1040 g/mol. The van der Waals surface area contributed by atoms with Crippen LogP contribution in [0.2, 0.25) is 0 Å². The maximum atomic E-state index is 14.1. The predicted molar refractivity (Wildman–Crippen MR) is 317 cm³/mol. The van der Waals surface area contributed by atoms with E-state index in [0.29, 0.717) is 71.0 Å². The van der Waals surface area contributed by atoms with Gasteiger partial charge in [-0.3, -0.25) is 29.0 Å². The lowest BCUT2D eigenvalue weighted by atomic mass is 9.70. The standard InChI is InChI=1S/C32H58N4O6.C31H56N4O5/c1-21(37)14-34-24(40)32(42-29(34,10)11)19-27(6,7)36(28(8,9)20-32)16-22(38)15-35-23(39)31(41-30(35,12)13)17-25(2,3)33-26(4,5)18-31;1-14-33-22(37)31(39-28(33,10)11)19-26(6,7)35(27(8,9)20-31)16-21(36)15-34-23(38)30(40-29(34,12)13)17-24(2,3)32-25(4,5)18-30/h21-22,33,37-38H,14-20H2,1-13H3;21,32,36H,14-20H2,1-13H3. The number of hydrogen-bond acceptors (Lipinski definition) is 15. The fraction of sp³-hybridized carbons (Fsp3) is 0.937. The van der Waals surface area contributed by atoms with E-state index in [-0.39, 0.29) is 65.4 Å². The Kier molecular flexibility index (Phi) is 16.5. The number of hydrogen-bond donors (Lipinski definition) is 5. The summed E-state index contributed by atoms with van der Waals surface area (Å²) < 4.78 is 26.4. The van der Waals surface area contributed by atoms with Crippen molar-refractivity contribution in [3.05, 3.63) is 0 Å². The fourth-order valence-corrected chi connectivity index (χ4v) is 18.7. The van der Waals surface area contributed by atoms with Crippen molar-refractivity contribution in [1.29, 1.82) is 0 Å². The SMILES string of the molecule is CC(O)CN1C(=O)C2(CC(C)(C)N(CC(O)CN3C(=O)C4(CC(C)(C)NC(C)(C)C4)OC3(C)C)C(C)(C)C2)OC1(C)C.CCN1C(=O)C2(CC(C)(C)N(CC(O)CN3C(=O)C4(CC(C)(C)NC(C)(C)C4)OC3(C)C)C(C)(C)C2)OC1(C)C. The van der Waals surface area contributed by atoms with Gasteiger partial charge in [0, 0.05) is 122 Å². The van der Waals surface area contributed by atoms with Gasteiger partial charge in [-0.1, -0.05) is 0 Å². The van der Waals surface area contributed by atoms with Gasteiger partial charge in [-0.25, -0.2) is 0 Å². The molecule has 8 aliphatic rings. The summed E-state index contributed by atoms with van der Waals surface area (Å²) in [4.78, 5) is 67.3. The molecule has 0 bridgehead atoms. The molecule has 0 aromatic carbocycles. The van der Waals surface area contributed by atoms with E-state index in [4.69, 9.17) is 18.9 Å². The predicted octanol–water partition coefficient (Wildman–Crippen LogP) is 6.62. The Morgan fingerprint density at radius 2 is 0.585 bits per heavy atom. The third-order valence-corrected chi connectivity index (χ3v) is 19.3. The quantitative estimate of drug-likeness (QED) is 0.147.